The molecule has 0 aliphatic rings. The second-order valence-corrected chi connectivity index (χ2v) is 5.54. The topological polar surface area (TPSA) is 62.2 Å². The van der Waals surface area contributed by atoms with Crippen LogP contribution in [0.5, 0.6) is 0 Å². The van der Waals surface area contributed by atoms with Crippen molar-refractivity contribution in [1.29, 1.82) is 0 Å². The van der Waals surface area contributed by atoms with Crippen molar-refractivity contribution in [2.75, 3.05) is 17.3 Å². The first-order valence-corrected chi connectivity index (χ1v) is 7.34. The predicted octanol–water partition coefficient (Wildman–Crippen LogP) is 3.07. The third-order valence-electron chi connectivity index (χ3n) is 2.49. The van der Waals surface area contributed by atoms with Crippen molar-refractivity contribution in [3.8, 4) is 0 Å². The second-order valence-electron chi connectivity index (χ2n) is 4.63. The molecule has 0 spiro atoms. The highest BCUT2D eigenvalue weighted by atomic mass is 32.2. The molecule has 0 saturated carbocycles. The summed E-state index contributed by atoms with van der Waals surface area (Å²) in [7, 11) is 0. The highest BCUT2D eigenvalue weighted by molar-refractivity contribution is 7.98. The van der Waals surface area contributed by atoms with Crippen LogP contribution in [0.25, 0.3) is 0 Å². The lowest BCUT2D eigenvalue weighted by molar-refractivity contribution is 0.0696. The minimum Gasteiger partial charge on any atom is -0.478 e. The van der Waals surface area contributed by atoms with Crippen molar-refractivity contribution in [3.05, 3.63) is 23.4 Å². The molecule has 1 rings (SSSR count). The average Bonchev–Trinajstić information content (AvgIpc) is 2.28. The van der Waals surface area contributed by atoms with Crippen molar-refractivity contribution < 1.29 is 9.90 Å². The van der Waals surface area contributed by atoms with Gasteiger partial charge in [0.15, 0.2) is 0 Å². The van der Waals surface area contributed by atoms with Crippen LogP contribution in [0.15, 0.2) is 12.1 Å². The van der Waals surface area contributed by atoms with E-state index < -0.39 is 5.97 Å². The Morgan fingerprint density at radius 1 is 1.44 bits per heavy atom. The van der Waals surface area contributed by atoms with Crippen molar-refractivity contribution in [2.45, 2.75) is 32.7 Å². The standard InChI is InChI=1S/C13H20N2O2S/c1-8(2)11-5-10(13(16)17)6-12(15-11)14-9(3)7-18-4/h5-6,8-9H,7H2,1-4H3,(H,14,15)(H,16,17). The number of carboxylic acids is 1. The van der Waals surface area contributed by atoms with Crippen LogP contribution in [0.1, 0.15) is 42.7 Å². The number of pyridine rings is 1. The van der Waals surface area contributed by atoms with Gasteiger partial charge in [0.25, 0.3) is 0 Å². The number of aromatic carboxylic acids is 1. The lowest BCUT2D eigenvalue weighted by atomic mass is 10.1. The van der Waals surface area contributed by atoms with E-state index in [-0.39, 0.29) is 17.5 Å². The van der Waals surface area contributed by atoms with Crippen LogP contribution < -0.4 is 5.32 Å². The maximum Gasteiger partial charge on any atom is 0.335 e. The summed E-state index contributed by atoms with van der Waals surface area (Å²) in [6.07, 6.45) is 2.04. The van der Waals surface area contributed by atoms with E-state index in [4.69, 9.17) is 5.11 Å². The summed E-state index contributed by atoms with van der Waals surface area (Å²) in [6.45, 7) is 6.06. The molecule has 0 amide bonds. The van der Waals surface area contributed by atoms with Crippen LogP contribution in [-0.4, -0.2) is 34.1 Å². The van der Waals surface area contributed by atoms with E-state index in [0.29, 0.717) is 5.82 Å². The predicted molar refractivity (Wildman–Crippen MR) is 76.8 cm³/mol. The maximum absolute atomic E-state index is 11.1. The van der Waals surface area contributed by atoms with E-state index in [1.807, 2.05) is 20.1 Å². The molecule has 2 N–H and O–H groups in total. The zero-order valence-electron chi connectivity index (χ0n) is 11.2. The first kappa shape index (κ1) is 14.8. The summed E-state index contributed by atoms with van der Waals surface area (Å²) in [4.78, 5) is 15.5. The Labute approximate surface area is 112 Å². The number of hydrogen-bond acceptors (Lipinski definition) is 4. The minimum absolute atomic E-state index is 0.209. The zero-order chi connectivity index (χ0) is 13.7. The molecule has 1 unspecified atom stereocenters. The molecule has 18 heavy (non-hydrogen) atoms. The quantitative estimate of drug-likeness (QED) is 0.830. The number of rotatable bonds is 6. The van der Waals surface area contributed by atoms with Gasteiger partial charge < -0.3 is 10.4 Å². The number of thioether (sulfide) groups is 1. The van der Waals surface area contributed by atoms with Gasteiger partial charge in [0, 0.05) is 17.5 Å². The van der Waals surface area contributed by atoms with Crippen LogP contribution in [0, 0.1) is 0 Å². The molecule has 0 bridgehead atoms. The molecule has 0 saturated heterocycles. The second kappa shape index (κ2) is 6.64. The van der Waals surface area contributed by atoms with E-state index in [1.54, 1.807) is 23.9 Å². The number of nitrogens with zero attached hydrogens (tertiary/aromatic N) is 1. The fourth-order valence-electron chi connectivity index (χ4n) is 1.59. The summed E-state index contributed by atoms with van der Waals surface area (Å²) in [6, 6.07) is 3.49. The Bertz CT molecular complexity index is 421. The monoisotopic (exact) mass is 268 g/mol. The molecule has 1 heterocycles. The smallest absolute Gasteiger partial charge is 0.335 e. The average molecular weight is 268 g/mol. The van der Waals surface area contributed by atoms with Crippen LogP contribution in [-0.2, 0) is 0 Å². The Kier molecular flexibility index (Phi) is 5.47. The fraction of sp³-hybridized carbons (Fsp3) is 0.538. The lowest BCUT2D eigenvalue weighted by Gasteiger charge is -2.15. The van der Waals surface area contributed by atoms with Gasteiger partial charge in [-0.15, -0.1) is 0 Å². The molecule has 0 aromatic carbocycles. The summed E-state index contributed by atoms with van der Waals surface area (Å²) in [5.41, 5.74) is 1.08. The Balaban J connectivity index is 2.99. The highest BCUT2D eigenvalue weighted by Crippen LogP contribution is 2.18. The van der Waals surface area contributed by atoms with Gasteiger partial charge in [-0.1, -0.05) is 13.8 Å². The summed E-state index contributed by atoms with van der Waals surface area (Å²) < 4.78 is 0. The molecule has 1 aromatic rings. The third kappa shape index (κ3) is 4.22. The van der Waals surface area contributed by atoms with Crippen LogP contribution in [0.4, 0.5) is 5.82 Å². The van der Waals surface area contributed by atoms with E-state index in [1.165, 1.54) is 0 Å². The van der Waals surface area contributed by atoms with Crippen LogP contribution in [0.3, 0.4) is 0 Å². The SMILES string of the molecule is CSCC(C)Nc1cc(C(=O)O)cc(C(C)C)n1. The van der Waals surface area contributed by atoms with Crippen molar-refractivity contribution in [1.82, 2.24) is 4.98 Å². The van der Waals surface area contributed by atoms with Crippen molar-refractivity contribution in [2.24, 2.45) is 0 Å². The Morgan fingerprint density at radius 3 is 2.61 bits per heavy atom. The molecule has 0 aliphatic heterocycles. The fourth-order valence-corrected chi connectivity index (χ4v) is 2.17. The number of nitrogens with one attached hydrogen (secondary N) is 1. The van der Waals surface area contributed by atoms with E-state index in [0.717, 1.165) is 11.4 Å². The normalized spacial score (nSPS) is 12.5. The van der Waals surface area contributed by atoms with Gasteiger partial charge in [-0.25, -0.2) is 9.78 Å². The van der Waals surface area contributed by atoms with Gasteiger partial charge in [0.2, 0.25) is 0 Å². The third-order valence-corrected chi connectivity index (χ3v) is 3.33. The number of anilines is 1. The maximum atomic E-state index is 11.1. The van der Waals surface area contributed by atoms with E-state index >= 15 is 0 Å². The summed E-state index contributed by atoms with van der Waals surface area (Å²) >= 11 is 1.74. The van der Waals surface area contributed by atoms with Gasteiger partial charge in [-0.2, -0.15) is 11.8 Å². The highest BCUT2D eigenvalue weighted by Gasteiger charge is 2.12. The van der Waals surface area contributed by atoms with E-state index in [9.17, 15) is 4.79 Å². The molecule has 0 radical (unpaired) electrons. The summed E-state index contributed by atoms with van der Waals surface area (Å²) in [5.74, 6) is 0.886. The first-order chi connectivity index (χ1) is 8.43. The van der Waals surface area contributed by atoms with Gasteiger partial charge in [-0.3, -0.25) is 0 Å². The largest absolute Gasteiger partial charge is 0.478 e. The molecule has 0 aliphatic carbocycles. The summed E-state index contributed by atoms with van der Waals surface area (Å²) in [5, 5.41) is 12.3. The minimum atomic E-state index is -0.917. The molecular formula is C13H20N2O2S. The van der Waals surface area contributed by atoms with Gasteiger partial charge in [0.05, 0.1) is 5.56 Å². The number of hydrogen-bond donors (Lipinski definition) is 2. The first-order valence-electron chi connectivity index (χ1n) is 5.94. The van der Waals surface area contributed by atoms with Crippen molar-refractivity contribution in [3.63, 3.8) is 0 Å². The number of carbonyl (C=O) groups is 1. The molecule has 1 atom stereocenters. The van der Waals surface area contributed by atoms with Crippen molar-refractivity contribution >= 4 is 23.5 Å². The number of carboxylic acid groups (broad SMARTS) is 1. The lowest BCUT2D eigenvalue weighted by Crippen LogP contribution is -2.19. The molecule has 0 fully saturated rings. The molecule has 5 heteroatoms. The number of aromatic nitrogens is 1. The Morgan fingerprint density at radius 2 is 2.11 bits per heavy atom. The van der Waals surface area contributed by atoms with Gasteiger partial charge in [-0.05, 0) is 31.2 Å². The van der Waals surface area contributed by atoms with Crippen LogP contribution >= 0.6 is 11.8 Å². The molecule has 1 aromatic heterocycles. The van der Waals surface area contributed by atoms with Gasteiger partial charge in [0.1, 0.15) is 5.82 Å². The molecule has 100 valence electrons. The molecule has 4 nitrogen and oxygen atoms in total. The Hall–Kier alpha value is -1.23. The van der Waals surface area contributed by atoms with Crippen LogP contribution in [0.2, 0.25) is 0 Å². The zero-order valence-corrected chi connectivity index (χ0v) is 12.0. The molecular weight excluding hydrogens is 248 g/mol. The van der Waals surface area contributed by atoms with E-state index in [2.05, 4.69) is 17.2 Å². The van der Waals surface area contributed by atoms with Gasteiger partial charge >= 0.3 is 5.97 Å².